The van der Waals surface area contributed by atoms with Crippen LogP contribution in [-0.2, 0) is 0 Å². The number of fused-ring (bicyclic) bond motifs is 1. The molecule has 1 aliphatic heterocycles. The van der Waals surface area contributed by atoms with Gasteiger partial charge in [0.2, 0.25) is 5.88 Å². The molecule has 0 bridgehead atoms. The van der Waals surface area contributed by atoms with Crippen molar-refractivity contribution in [1.29, 1.82) is 0 Å². The molecule has 0 atom stereocenters. The zero-order valence-corrected chi connectivity index (χ0v) is 17.6. The monoisotopic (exact) mass is 439 g/mol. The topological polar surface area (TPSA) is 57.5 Å². The summed E-state index contributed by atoms with van der Waals surface area (Å²) < 4.78 is 1.11. The Bertz CT molecular complexity index is 1090. The van der Waals surface area contributed by atoms with Crippen molar-refractivity contribution in [3.05, 3.63) is 62.4 Å². The number of benzene rings is 2. The lowest BCUT2D eigenvalue weighted by atomic mass is 10.0. The third-order valence-corrected chi connectivity index (χ3v) is 6.63. The second-order valence-electron chi connectivity index (χ2n) is 6.53. The smallest absolute Gasteiger partial charge is 0.231 e. The van der Waals surface area contributed by atoms with E-state index in [1.807, 2.05) is 37.3 Å². The Labute approximate surface area is 170 Å². The van der Waals surface area contributed by atoms with Gasteiger partial charge in [-0.25, -0.2) is 0 Å². The molecule has 0 aliphatic carbocycles. The summed E-state index contributed by atoms with van der Waals surface area (Å²) in [7, 11) is 0. The van der Waals surface area contributed by atoms with E-state index in [4.69, 9.17) is 0 Å². The quantitative estimate of drug-likeness (QED) is 0.481. The molecule has 1 aliphatic rings. The van der Waals surface area contributed by atoms with Crippen molar-refractivity contribution in [2.24, 2.45) is 4.99 Å². The maximum Gasteiger partial charge on any atom is 0.231 e. The largest absolute Gasteiger partial charge is 0.492 e. The number of nitrogens with zero attached hydrogens (tertiary/aromatic N) is 2. The van der Waals surface area contributed by atoms with Gasteiger partial charge in [-0.2, -0.15) is 4.98 Å². The van der Waals surface area contributed by atoms with Crippen LogP contribution in [0, 0.1) is 13.8 Å². The molecule has 4 nitrogen and oxygen atoms in total. The number of aryl methyl sites for hydroxylation is 2. The number of anilines is 2. The summed E-state index contributed by atoms with van der Waals surface area (Å²) in [5.74, 6) is 0.0257. The number of rotatable bonds is 3. The fourth-order valence-electron chi connectivity index (χ4n) is 3.16. The van der Waals surface area contributed by atoms with Gasteiger partial charge in [0.1, 0.15) is 0 Å². The molecular formula is C21H18BrN3OS. The Balaban J connectivity index is 1.66. The minimum Gasteiger partial charge on any atom is -0.492 e. The van der Waals surface area contributed by atoms with Gasteiger partial charge in [0.15, 0.2) is 5.13 Å². The molecule has 3 aromatic rings. The molecule has 2 aromatic carbocycles. The molecular weight excluding hydrogens is 422 g/mol. The summed E-state index contributed by atoms with van der Waals surface area (Å²) in [5, 5.41) is 14.3. The Morgan fingerprint density at radius 2 is 1.81 bits per heavy atom. The van der Waals surface area contributed by atoms with Gasteiger partial charge in [0, 0.05) is 27.0 Å². The highest BCUT2D eigenvalue weighted by molar-refractivity contribution is 9.10. The van der Waals surface area contributed by atoms with Crippen LogP contribution < -0.4 is 5.32 Å². The molecule has 0 fully saturated rings. The van der Waals surface area contributed by atoms with Gasteiger partial charge >= 0.3 is 0 Å². The number of hydrogen-bond acceptors (Lipinski definition) is 5. The van der Waals surface area contributed by atoms with Gasteiger partial charge in [-0.15, -0.1) is 0 Å². The highest BCUT2D eigenvalue weighted by atomic mass is 79.9. The minimum absolute atomic E-state index is 0.0257. The maximum atomic E-state index is 10.3. The molecule has 1 aromatic heterocycles. The van der Waals surface area contributed by atoms with Crippen LogP contribution in [0.5, 0.6) is 5.88 Å². The standard InChI is InChI=1S/C21H18BrN3OS/c1-11-8-14(9-12(2)19(11)22)24-21-25-20(26)18(27-21)10-16-13(3)23-17-7-5-4-6-15(16)17/h4-10,26H,1-3H3,(H,24,25). The molecule has 0 unspecified atom stereocenters. The molecule has 2 heterocycles. The van der Waals surface area contributed by atoms with Gasteiger partial charge in [-0.05, 0) is 56.2 Å². The molecule has 2 N–H and O–H groups in total. The number of thiazole rings is 1. The zero-order valence-electron chi connectivity index (χ0n) is 15.2. The van der Waals surface area contributed by atoms with Crippen LogP contribution in [0.4, 0.5) is 16.5 Å². The third kappa shape index (κ3) is 3.42. The predicted octanol–water partition coefficient (Wildman–Crippen LogP) is 6.62. The normalized spacial score (nSPS) is 14.4. The van der Waals surface area contributed by atoms with Gasteiger partial charge in [-0.1, -0.05) is 45.5 Å². The van der Waals surface area contributed by atoms with E-state index in [0.29, 0.717) is 10.0 Å². The summed E-state index contributed by atoms with van der Waals surface area (Å²) >= 11 is 5.00. The van der Waals surface area contributed by atoms with E-state index in [1.54, 1.807) is 0 Å². The number of aliphatic imine (C=N–C) groups is 1. The predicted molar refractivity (Wildman–Crippen MR) is 118 cm³/mol. The van der Waals surface area contributed by atoms with Crippen molar-refractivity contribution in [3.63, 3.8) is 0 Å². The number of allylic oxidation sites excluding steroid dienone is 1. The average molecular weight is 440 g/mol. The lowest BCUT2D eigenvalue weighted by Gasteiger charge is -2.08. The number of halogens is 1. The molecule has 4 rings (SSSR count). The first kappa shape index (κ1) is 17.9. The van der Waals surface area contributed by atoms with E-state index in [-0.39, 0.29) is 5.88 Å². The first-order chi connectivity index (χ1) is 12.9. The van der Waals surface area contributed by atoms with Crippen LogP contribution in [-0.4, -0.2) is 15.8 Å². The van der Waals surface area contributed by atoms with Crippen molar-refractivity contribution in [2.45, 2.75) is 20.8 Å². The van der Waals surface area contributed by atoms with E-state index >= 15 is 0 Å². The molecule has 0 spiro atoms. The second-order valence-corrected chi connectivity index (χ2v) is 8.35. The first-order valence-electron chi connectivity index (χ1n) is 8.52. The fourth-order valence-corrected chi connectivity index (χ4v) is 4.21. The van der Waals surface area contributed by atoms with Crippen LogP contribution in [0.1, 0.15) is 28.5 Å². The number of para-hydroxylation sites is 1. The van der Waals surface area contributed by atoms with Gasteiger partial charge in [0.25, 0.3) is 0 Å². The van der Waals surface area contributed by atoms with Crippen LogP contribution in [0.15, 0.2) is 45.9 Å². The summed E-state index contributed by atoms with van der Waals surface area (Å²) in [4.78, 5) is 9.58. The first-order valence-corrected chi connectivity index (χ1v) is 10.1. The van der Waals surface area contributed by atoms with Crippen molar-refractivity contribution in [3.8, 4) is 5.88 Å². The van der Waals surface area contributed by atoms with Crippen LogP contribution in [0.25, 0.3) is 11.6 Å². The molecule has 0 amide bonds. The fraction of sp³-hybridized carbons (Fsp3) is 0.143. The highest BCUT2D eigenvalue weighted by Gasteiger charge is 2.19. The molecule has 27 heavy (non-hydrogen) atoms. The molecule has 0 saturated heterocycles. The van der Waals surface area contributed by atoms with E-state index in [0.717, 1.165) is 43.8 Å². The highest BCUT2D eigenvalue weighted by Crippen LogP contribution is 2.39. The van der Waals surface area contributed by atoms with E-state index < -0.39 is 0 Å². The number of nitrogens with one attached hydrogen (secondary N) is 1. The summed E-state index contributed by atoms with van der Waals surface area (Å²) in [6.45, 7) is 6.09. The Morgan fingerprint density at radius 1 is 1.11 bits per heavy atom. The molecule has 0 saturated carbocycles. The van der Waals surface area contributed by atoms with Crippen molar-refractivity contribution >= 4 is 61.1 Å². The second kappa shape index (κ2) is 6.94. The Morgan fingerprint density at radius 3 is 2.56 bits per heavy atom. The average Bonchev–Trinajstić information content (AvgIpc) is 3.12. The number of aromatic hydroxyl groups is 1. The van der Waals surface area contributed by atoms with Gasteiger partial charge < -0.3 is 10.4 Å². The zero-order chi connectivity index (χ0) is 19.1. The van der Waals surface area contributed by atoms with Crippen molar-refractivity contribution < 1.29 is 5.11 Å². The summed E-state index contributed by atoms with van der Waals surface area (Å²) in [5.41, 5.74) is 7.25. The third-order valence-electron chi connectivity index (χ3n) is 4.47. The summed E-state index contributed by atoms with van der Waals surface area (Å²) in [6, 6.07) is 12.1. The van der Waals surface area contributed by atoms with Crippen molar-refractivity contribution in [1.82, 2.24) is 4.98 Å². The molecule has 6 heteroatoms. The van der Waals surface area contributed by atoms with Crippen LogP contribution in [0.3, 0.4) is 0 Å². The summed E-state index contributed by atoms with van der Waals surface area (Å²) in [6.07, 6.45) is 1.96. The molecule has 0 radical (unpaired) electrons. The lowest BCUT2D eigenvalue weighted by Crippen LogP contribution is -1.92. The minimum atomic E-state index is 0.0257. The Kier molecular flexibility index (Phi) is 4.61. The Hall–Kier alpha value is -2.44. The number of aromatic nitrogens is 1. The maximum absolute atomic E-state index is 10.3. The van der Waals surface area contributed by atoms with Crippen LogP contribution in [0.2, 0.25) is 0 Å². The SMILES string of the molecule is CC1=Nc2ccccc2C1=Cc1sc(Nc2cc(C)c(Br)c(C)c2)nc1O. The van der Waals surface area contributed by atoms with E-state index in [1.165, 1.54) is 11.3 Å². The van der Waals surface area contributed by atoms with Crippen molar-refractivity contribution in [2.75, 3.05) is 5.32 Å². The van der Waals surface area contributed by atoms with E-state index in [2.05, 4.69) is 57.2 Å². The molecule has 136 valence electrons. The lowest BCUT2D eigenvalue weighted by molar-refractivity contribution is 0.457. The van der Waals surface area contributed by atoms with Crippen LogP contribution >= 0.6 is 27.3 Å². The number of hydrogen-bond donors (Lipinski definition) is 2. The van der Waals surface area contributed by atoms with E-state index in [9.17, 15) is 5.11 Å². The van der Waals surface area contributed by atoms with Gasteiger partial charge in [0.05, 0.1) is 10.6 Å². The van der Waals surface area contributed by atoms with Gasteiger partial charge in [-0.3, -0.25) is 4.99 Å².